The quantitative estimate of drug-likeness (QED) is 0.854. The fourth-order valence-electron chi connectivity index (χ4n) is 2.72. The van der Waals surface area contributed by atoms with Crippen molar-refractivity contribution in [1.82, 2.24) is 9.80 Å². The van der Waals surface area contributed by atoms with Crippen molar-refractivity contribution < 1.29 is 14.3 Å². The number of para-hydroxylation sites is 2. The number of terminal acetylenes is 1. The molecule has 6 heteroatoms. The Morgan fingerprint density at radius 3 is 2.60 bits per heavy atom. The highest BCUT2D eigenvalue weighted by molar-refractivity contribution is 5.91. The van der Waals surface area contributed by atoms with Crippen molar-refractivity contribution in [1.29, 1.82) is 0 Å². The molecule has 0 aromatic heterocycles. The molecule has 1 aliphatic heterocycles. The average Bonchev–Trinajstić information content (AvgIpc) is 2.86. The summed E-state index contributed by atoms with van der Waals surface area (Å²) in [5.41, 5.74) is 0.585. The van der Waals surface area contributed by atoms with E-state index < -0.39 is 0 Å². The number of anilines is 1. The second kappa shape index (κ2) is 8.97. The zero-order valence-electron chi connectivity index (χ0n) is 14.8. The minimum absolute atomic E-state index is 0.0273. The molecule has 25 heavy (non-hydrogen) atoms. The number of carbonyl (C=O) groups is 2. The number of urea groups is 1. The molecular formula is C19H25N3O3. The fourth-order valence-corrected chi connectivity index (χ4v) is 2.72. The lowest BCUT2D eigenvalue weighted by Gasteiger charge is -2.24. The molecule has 1 aliphatic rings. The van der Waals surface area contributed by atoms with Crippen LogP contribution in [0.2, 0.25) is 0 Å². The Morgan fingerprint density at radius 2 is 1.88 bits per heavy atom. The number of hydrogen-bond donors (Lipinski definition) is 1. The highest BCUT2D eigenvalue weighted by Gasteiger charge is 2.23. The molecule has 6 nitrogen and oxygen atoms in total. The van der Waals surface area contributed by atoms with Gasteiger partial charge in [0.15, 0.2) is 0 Å². The molecule has 1 N–H and O–H groups in total. The van der Waals surface area contributed by atoms with Gasteiger partial charge in [-0.2, -0.15) is 0 Å². The second-order valence-corrected chi connectivity index (χ2v) is 6.24. The van der Waals surface area contributed by atoms with Gasteiger partial charge in [0.1, 0.15) is 12.4 Å². The number of carbonyl (C=O) groups excluding carboxylic acids is 2. The standard InChI is InChI=1S/C19H25N3O3/c1-4-14-25-17-9-6-5-8-16(17)20-19(24)22-11-7-10-21(12-13-22)18(23)15(2)3/h1,5-6,8-9,15H,7,10-14H2,2-3H3,(H,20,24). The summed E-state index contributed by atoms with van der Waals surface area (Å²) in [5.74, 6) is 3.06. The molecule has 0 unspecified atom stereocenters. The largest absolute Gasteiger partial charge is 0.479 e. The Morgan fingerprint density at radius 1 is 1.20 bits per heavy atom. The first kappa shape index (κ1) is 18.7. The lowest BCUT2D eigenvalue weighted by molar-refractivity contribution is -0.134. The number of rotatable bonds is 4. The van der Waals surface area contributed by atoms with E-state index in [1.165, 1.54) is 0 Å². The SMILES string of the molecule is C#CCOc1ccccc1NC(=O)N1CCCN(C(=O)C(C)C)CC1. The molecule has 0 spiro atoms. The minimum Gasteiger partial charge on any atom is -0.479 e. The first-order chi connectivity index (χ1) is 12.0. The summed E-state index contributed by atoms with van der Waals surface area (Å²) >= 11 is 0. The van der Waals surface area contributed by atoms with Crippen LogP contribution in [-0.4, -0.2) is 54.5 Å². The van der Waals surface area contributed by atoms with Crippen LogP contribution in [0.4, 0.5) is 10.5 Å². The van der Waals surface area contributed by atoms with E-state index in [4.69, 9.17) is 11.2 Å². The van der Waals surface area contributed by atoms with Gasteiger partial charge in [0.25, 0.3) is 0 Å². The van der Waals surface area contributed by atoms with Crippen LogP contribution in [-0.2, 0) is 4.79 Å². The molecular weight excluding hydrogens is 318 g/mol. The summed E-state index contributed by atoms with van der Waals surface area (Å²) in [6, 6.07) is 6.98. The number of ether oxygens (including phenoxy) is 1. The zero-order chi connectivity index (χ0) is 18.2. The molecule has 0 bridgehead atoms. The van der Waals surface area contributed by atoms with E-state index in [-0.39, 0.29) is 24.5 Å². The summed E-state index contributed by atoms with van der Waals surface area (Å²) in [6.45, 7) is 6.29. The van der Waals surface area contributed by atoms with Crippen LogP contribution in [0.1, 0.15) is 20.3 Å². The van der Waals surface area contributed by atoms with Crippen LogP contribution in [0.15, 0.2) is 24.3 Å². The zero-order valence-corrected chi connectivity index (χ0v) is 14.8. The summed E-state index contributed by atoms with van der Waals surface area (Å²) in [6.07, 6.45) is 5.98. The van der Waals surface area contributed by atoms with Crippen molar-refractivity contribution >= 4 is 17.6 Å². The topological polar surface area (TPSA) is 61.9 Å². The lowest BCUT2D eigenvalue weighted by atomic mass is 10.2. The van der Waals surface area contributed by atoms with Crippen LogP contribution in [0.5, 0.6) is 5.75 Å². The van der Waals surface area contributed by atoms with Crippen molar-refractivity contribution in [3.8, 4) is 18.1 Å². The predicted molar refractivity (Wildman–Crippen MR) is 97.4 cm³/mol. The number of nitrogens with zero attached hydrogens (tertiary/aromatic N) is 2. The third-order valence-electron chi connectivity index (χ3n) is 4.03. The van der Waals surface area contributed by atoms with E-state index >= 15 is 0 Å². The van der Waals surface area contributed by atoms with Gasteiger partial charge >= 0.3 is 6.03 Å². The van der Waals surface area contributed by atoms with E-state index in [9.17, 15) is 9.59 Å². The molecule has 3 amide bonds. The third-order valence-corrected chi connectivity index (χ3v) is 4.03. The molecule has 0 aliphatic carbocycles. The number of hydrogen-bond acceptors (Lipinski definition) is 3. The van der Waals surface area contributed by atoms with E-state index in [1.807, 2.05) is 30.9 Å². The van der Waals surface area contributed by atoms with Gasteiger partial charge < -0.3 is 19.9 Å². The van der Waals surface area contributed by atoms with Crippen molar-refractivity contribution in [2.75, 3.05) is 38.1 Å². The van der Waals surface area contributed by atoms with E-state index in [2.05, 4.69) is 11.2 Å². The molecule has 0 saturated carbocycles. The van der Waals surface area contributed by atoms with Crippen LogP contribution < -0.4 is 10.1 Å². The fraction of sp³-hybridized carbons (Fsp3) is 0.474. The van der Waals surface area contributed by atoms with Crippen molar-refractivity contribution in [2.45, 2.75) is 20.3 Å². The van der Waals surface area contributed by atoms with Gasteiger partial charge in [0, 0.05) is 32.1 Å². The highest BCUT2D eigenvalue weighted by Crippen LogP contribution is 2.24. The maximum absolute atomic E-state index is 12.6. The van der Waals surface area contributed by atoms with Gasteiger partial charge in [-0.05, 0) is 18.6 Å². The Hall–Kier alpha value is -2.68. The first-order valence-corrected chi connectivity index (χ1v) is 8.53. The summed E-state index contributed by atoms with van der Waals surface area (Å²) in [7, 11) is 0. The monoisotopic (exact) mass is 343 g/mol. The highest BCUT2D eigenvalue weighted by atomic mass is 16.5. The Bertz CT molecular complexity index is 652. The molecule has 1 aromatic carbocycles. The molecule has 0 radical (unpaired) electrons. The van der Waals surface area contributed by atoms with Crippen LogP contribution >= 0.6 is 0 Å². The maximum Gasteiger partial charge on any atom is 0.322 e. The Balaban J connectivity index is 1.98. The van der Waals surface area contributed by atoms with E-state index in [1.54, 1.807) is 17.0 Å². The molecule has 2 rings (SSSR count). The van der Waals surface area contributed by atoms with Gasteiger partial charge in [-0.1, -0.05) is 31.9 Å². The van der Waals surface area contributed by atoms with Crippen LogP contribution in [0.25, 0.3) is 0 Å². The van der Waals surface area contributed by atoms with Crippen LogP contribution in [0, 0.1) is 18.3 Å². The van der Waals surface area contributed by atoms with Gasteiger partial charge in [0.05, 0.1) is 5.69 Å². The summed E-state index contributed by atoms with van der Waals surface area (Å²) < 4.78 is 5.45. The van der Waals surface area contributed by atoms with Crippen molar-refractivity contribution in [3.05, 3.63) is 24.3 Å². The molecule has 0 atom stereocenters. The first-order valence-electron chi connectivity index (χ1n) is 8.53. The Kier molecular flexibility index (Phi) is 6.70. The molecule has 1 aromatic rings. The average molecular weight is 343 g/mol. The van der Waals surface area contributed by atoms with Gasteiger partial charge in [-0.3, -0.25) is 4.79 Å². The summed E-state index contributed by atoms with van der Waals surface area (Å²) in [4.78, 5) is 28.3. The summed E-state index contributed by atoms with van der Waals surface area (Å²) in [5, 5.41) is 2.87. The smallest absolute Gasteiger partial charge is 0.322 e. The van der Waals surface area contributed by atoms with Crippen LogP contribution in [0.3, 0.4) is 0 Å². The van der Waals surface area contributed by atoms with Gasteiger partial charge in [0.2, 0.25) is 5.91 Å². The number of benzene rings is 1. The Labute approximate surface area is 149 Å². The van der Waals surface area contributed by atoms with Gasteiger partial charge in [-0.25, -0.2) is 4.79 Å². The molecule has 134 valence electrons. The lowest BCUT2D eigenvalue weighted by Crippen LogP contribution is -2.40. The number of amides is 3. The van der Waals surface area contributed by atoms with Gasteiger partial charge in [-0.15, -0.1) is 6.42 Å². The molecule has 1 heterocycles. The minimum atomic E-state index is -0.199. The molecule has 1 fully saturated rings. The third kappa shape index (κ3) is 5.15. The number of nitrogens with one attached hydrogen (secondary N) is 1. The second-order valence-electron chi connectivity index (χ2n) is 6.24. The predicted octanol–water partition coefficient (Wildman–Crippen LogP) is 2.42. The van der Waals surface area contributed by atoms with E-state index in [0.29, 0.717) is 37.6 Å². The van der Waals surface area contributed by atoms with Crippen molar-refractivity contribution in [2.24, 2.45) is 5.92 Å². The normalized spacial score (nSPS) is 14.6. The van der Waals surface area contributed by atoms with Crippen molar-refractivity contribution in [3.63, 3.8) is 0 Å². The maximum atomic E-state index is 12.6. The molecule has 1 saturated heterocycles. The van der Waals surface area contributed by atoms with E-state index in [0.717, 1.165) is 6.42 Å².